The molecular weight excluding hydrogens is 276 g/mol. The lowest BCUT2D eigenvalue weighted by molar-refractivity contribution is -0.131. The lowest BCUT2D eigenvalue weighted by atomic mass is 10.2. The van der Waals surface area contributed by atoms with Crippen molar-refractivity contribution in [2.45, 2.75) is 32.4 Å². The molecule has 0 aromatic heterocycles. The van der Waals surface area contributed by atoms with Crippen LogP contribution in [-0.4, -0.2) is 37.0 Å². The van der Waals surface area contributed by atoms with Crippen molar-refractivity contribution >= 4 is 17.5 Å². The van der Waals surface area contributed by atoms with E-state index in [-0.39, 0.29) is 12.5 Å². The molecule has 0 atom stereocenters. The van der Waals surface area contributed by atoms with Crippen LogP contribution in [0.1, 0.15) is 25.3 Å². The third-order valence-corrected chi connectivity index (χ3v) is 3.67. The molecule has 5 heteroatoms. The Bertz CT molecular complexity index is 475. The molecule has 1 saturated carbocycles. The van der Waals surface area contributed by atoms with Crippen LogP contribution in [0, 0.1) is 0 Å². The first kappa shape index (κ1) is 15.1. The molecule has 0 radical (unpaired) electrons. The Kier molecular flexibility index (Phi) is 5.26. The van der Waals surface area contributed by atoms with Crippen LogP contribution >= 0.6 is 11.6 Å². The molecule has 110 valence electrons. The molecule has 0 saturated heterocycles. The van der Waals surface area contributed by atoms with Crippen molar-refractivity contribution < 1.29 is 9.53 Å². The molecule has 0 aliphatic heterocycles. The predicted octanol–water partition coefficient (Wildman–Crippen LogP) is 2.45. The lowest BCUT2D eigenvalue weighted by Crippen LogP contribution is -2.31. The van der Waals surface area contributed by atoms with E-state index >= 15 is 0 Å². The van der Waals surface area contributed by atoms with E-state index in [2.05, 4.69) is 5.32 Å². The van der Waals surface area contributed by atoms with Gasteiger partial charge in [-0.25, -0.2) is 0 Å². The largest absolute Gasteiger partial charge is 0.483 e. The summed E-state index contributed by atoms with van der Waals surface area (Å²) >= 11 is 6.02. The number of hydrogen-bond donors (Lipinski definition) is 1. The van der Waals surface area contributed by atoms with Gasteiger partial charge in [0.1, 0.15) is 5.75 Å². The highest BCUT2D eigenvalue weighted by molar-refractivity contribution is 6.30. The summed E-state index contributed by atoms with van der Waals surface area (Å²) in [5.41, 5.74) is 0.997. The number of halogens is 1. The standard InChI is InChI=1S/C15H21ClN2O2/c1-3-18(2)15(19)10-20-14-7-4-12(16)8-11(14)9-17-13-5-6-13/h4,7-8,13,17H,3,5-6,9-10H2,1-2H3. The first-order chi connectivity index (χ1) is 9.60. The Balaban J connectivity index is 1.96. The van der Waals surface area contributed by atoms with E-state index in [4.69, 9.17) is 16.3 Å². The molecule has 2 rings (SSSR count). The summed E-state index contributed by atoms with van der Waals surface area (Å²) < 4.78 is 5.64. The molecule has 0 unspecified atom stereocenters. The Hall–Kier alpha value is -1.26. The number of benzene rings is 1. The number of carbonyl (C=O) groups excluding carboxylic acids is 1. The van der Waals surface area contributed by atoms with Gasteiger partial charge in [-0.3, -0.25) is 4.79 Å². The van der Waals surface area contributed by atoms with Crippen molar-refractivity contribution in [1.82, 2.24) is 10.2 Å². The highest BCUT2D eigenvalue weighted by atomic mass is 35.5. The maximum Gasteiger partial charge on any atom is 0.260 e. The van der Waals surface area contributed by atoms with Crippen LogP contribution in [0.3, 0.4) is 0 Å². The molecule has 0 spiro atoms. The van der Waals surface area contributed by atoms with Crippen LogP contribution in [0.5, 0.6) is 5.75 Å². The van der Waals surface area contributed by atoms with E-state index in [1.807, 2.05) is 19.1 Å². The third-order valence-electron chi connectivity index (χ3n) is 3.43. The summed E-state index contributed by atoms with van der Waals surface area (Å²) in [5, 5.41) is 4.11. The lowest BCUT2D eigenvalue weighted by Gasteiger charge is -2.16. The van der Waals surface area contributed by atoms with Crippen LogP contribution < -0.4 is 10.1 Å². The van der Waals surface area contributed by atoms with Crippen molar-refractivity contribution in [3.63, 3.8) is 0 Å². The molecule has 0 bridgehead atoms. The average molecular weight is 297 g/mol. The first-order valence-electron chi connectivity index (χ1n) is 6.98. The monoisotopic (exact) mass is 296 g/mol. The van der Waals surface area contributed by atoms with E-state index in [1.165, 1.54) is 12.8 Å². The Labute approximate surface area is 125 Å². The Morgan fingerprint density at radius 3 is 2.90 bits per heavy atom. The minimum absolute atomic E-state index is 0.0245. The molecule has 0 heterocycles. The average Bonchev–Trinajstić information content (AvgIpc) is 3.27. The van der Waals surface area contributed by atoms with Crippen LogP contribution in [-0.2, 0) is 11.3 Å². The fourth-order valence-electron chi connectivity index (χ4n) is 1.79. The van der Waals surface area contributed by atoms with E-state index in [0.29, 0.717) is 17.6 Å². The second-order valence-corrected chi connectivity index (χ2v) is 5.54. The SMILES string of the molecule is CCN(C)C(=O)COc1ccc(Cl)cc1CNC1CC1. The number of nitrogens with one attached hydrogen (secondary N) is 1. The molecule has 1 N–H and O–H groups in total. The maximum atomic E-state index is 11.8. The zero-order chi connectivity index (χ0) is 14.5. The van der Waals surface area contributed by atoms with Crippen molar-refractivity contribution in [3.8, 4) is 5.75 Å². The Morgan fingerprint density at radius 1 is 1.50 bits per heavy atom. The molecule has 1 aliphatic carbocycles. The van der Waals surface area contributed by atoms with Crippen molar-refractivity contribution in [2.75, 3.05) is 20.2 Å². The van der Waals surface area contributed by atoms with Gasteiger partial charge in [0.15, 0.2) is 6.61 Å². The van der Waals surface area contributed by atoms with Crippen molar-refractivity contribution in [1.29, 1.82) is 0 Å². The van der Waals surface area contributed by atoms with Gasteiger partial charge in [-0.15, -0.1) is 0 Å². The van der Waals surface area contributed by atoms with Crippen molar-refractivity contribution in [3.05, 3.63) is 28.8 Å². The van der Waals surface area contributed by atoms with E-state index < -0.39 is 0 Å². The van der Waals surface area contributed by atoms with E-state index in [9.17, 15) is 4.79 Å². The third kappa shape index (κ3) is 4.39. The number of carbonyl (C=O) groups is 1. The van der Waals surface area contributed by atoms with Crippen LogP contribution in [0.4, 0.5) is 0 Å². The maximum absolute atomic E-state index is 11.8. The summed E-state index contributed by atoms with van der Waals surface area (Å²) in [6.07, 6.45) is 2.47. The van der Waals surface area contributed by atoms with E-state index in [1.54, 1.807) is 18.0 Å². The van der Waals surface area contributed by atoms with Gasteiger partial charge in [0, 0.05) is 36.8 Å². The molecule has 1 amide bonds. The normalized spacial score (nSPS) is 14.2. The van der Waals surface area contributed by atoms with Gasteiger partial charge >= 0.3 is 0 Å². The van der Waals surface area contributed by atoms with Crippen LogP contribution in [0.25, 0.3) is 0 Å². The second kappa shape index (κ2) is 6.95. The summed E-state index contributed by atoms with van der Waals surface area (Å²) in [5.74, 6) is 0.698. The quantitative estimate of drug-likeness (QED) is 0.840. The van der Waals surface area contributed by atoms with Gasteiger partial charge in [0.25, 0.3) is 5.91 Å². The highest BCUT2D eigenvalue weighted by Crippen LogP contribution is 2.25. The van der Waals surface area contributed by atoms with Crippen LogP contribution in [0.2, 0.25) is 5.02 Å². The first-order valence-corrected chi connectivity index (χ1v) is 7.36. The summed E-state index contributed by atoms with van der Waals surface area (Å²) in [6, 6.07) is 6.12. The summed E-state index contributed by atoms with van der Waals surface area (Å²) in [4.78, 5) is 13.4. The minimum Gasteiger partial charge on any atom is -0.483 e. The number of hydrogen-bond acceptors (Lipinski definition) is 3. The van der Waals surface area contributed by atoms with Crippen molar-refractivity contribution in [2.24, 2.45) is 0 Å². The zero-order valence-electron chi connectivity index (χ0n) is 12.0. The van der Waals surface area contributed by atoms with E-state index in [0.717, 1.165) is 17.9 Å². The highest BCUT2D eigenvalue weighted by Gasteiger charge is 2.21. The summed E-state index contributed by atoms with van der Waals surface area (Å²) in [7, 11) is 1.77. The fraction of sp³-hybridized carbons (Fsp3) is 0.533. The second-order valence-electron chi connectivity index (χ2n) is 5.10. The molecule has 4 nitrogen and oxygen atoms in total. The molecule has 1 fully saturated rings. The zero-order valence-corrected chi connectivity index (χ0v) is 12.7. The molecular formula is C15H21ClN2O2. The number of likely N-dealkylation sites (N-methyl/N-ethyl adjacent to an activating group) is 1. The smallest absolute Gasteiger partial charge is 0.260 e. The van der Waals surface area contributed by atoms with Gasteiger partial charge in [-0.1, -0.05) is 11.6 Å². The van der Waals surface area contributed by atoms with Crippen LogP contribution in [0.15, 0.2) is 18.2 Å². The molecule has 1 aliphatic rings. The predicted molar refractivity (Wildman–Crippen MR) is 80.1 cm³/mol. The summed E-state index contributed by atoms with van der Waals surface area (Å²) in [6.45, 7) is 3.39. The number of ether oxygens (including phenoxy) is 1. The van der Waals surface area contributed by atoms with Gasteiger partial charge in [-0.2, -0.15) is 0 Å². The van der Waals surface area contributed by atoms with Gasteiger partial charge in [-0.05, 0) is 38.0 Å². The minimum atomic E-state index is -0.0245. The van der Waals surface area contributed by atoms with Gasteiger partial charge in [0.05, 0.1) is 0 Å². The fourth-order valence-corrected chi connectivity index (χ4v) is 1.99. The topological polar surface area (TPSA) is 41.6 Å². The molecule has 1 aromatic rings. The number of rotatable bonds is 7. The Morgan fingerprint density at radius 2 is 2.25 bits per heavy atom. The van der Waals surface area contributed by atoms with Gasteiger partial charge in [0.2, 0.25) is 0 Å². The molecule has 20 heavy (non-hydrogen) atoms. The number of amides is 1. The van der Waals surface area contributed by atoms with Gasteiger partial charge < -0.3 is 15.0 Å². The molecule has 1 aromatic carbocycles. The number of nitrogens with zero attached hydrogens (tertiary/aromatic N) is 1.